The first-order chi connectivity index (χ1) is 17.3. The number of fused-ring (bicyclic) bond motifs is 1. The molecule has 9 heteroatoms. The fraction of sp³-hybridized carbons (Fsp3) is 0.185. The first kappa shape index (κ1) is 23.7. The highest BCUT2D eigenvalue weighted by atomic mass is 35.5. The molecule has 36 heavy (non-hydrogen) atoms. The maximum absolute atomic E-state index is 10.3. The third-order valence-electron chi connectivity index (χ3n) is 5.87. The highest BCUT2D eigenvalue weighted by molar-refractivity contribution is 6.31. The number of ether oxygens (including phenoxy) is 1. The van der Waals surface area contributed by atoms with Crippen LogP contribution in [0.1, 0.15) is 25.0 Å². The van der Waals surface area contributed by atoms with Gasteiger partial charge in [-0.2, -0.15) is 5.10 Å². The highest BCUT2D eigenvalue weighted by Crippen LogP contribution is 2.32. The maximum Gasteiger partial charge on any atom is 0.183 e. The van der Waals surface area contributed by atoms with E-state index in [2.05, 4.69) is 15.3 Å². The minimum Gasteiger partial charge on any atom is -0.491 e. The summed E-state index contributed by atoms with van der Waals surface area (Å²) >= 11 is 6.59. The van der Waals surface area contributed by atoms with Crippen LogP contribution in [0.15, 0.2) is 73.2 Å². The predicted octanol–water partition coefficient (Wildman–Crippen LogP) is 5.57. The Labute approximate surface area is 213 Å². The molecule has 3 aromatic heterocycles. The lowest BCUT2D eigenvalue weighted by molar-refractivity contribution is 0.0786. The molecule has 0 spiro atoms. The van der Waals surface area contributed by atoms with Crippen LogP contribution in [-0.2, 0) is 12.1 Å². The number of nitrogens with zero attached hydrogens (tertiary/aromatic N) is 5. The third-order valence-corrected chi connectivity index (χ3v) is 6.22. The Morgan fingerprint density at radius 3 is 2.58 bits per heavy atom. The Hall–Kier alpha value is -4.01. The van der Waals surface area contributed by atoms with Gasteiger partial charge in [-0.25, -0.2) is 9.97 Å². The average molecular weight is 501 g/mol. The van der Waals surface area contributed by atoms with Crippen molar-refractivity contribution in [2.75, 3.05) is 12.4 Å². The maximum atomic E-state index is 10.3. The quantitative estimate of drug-likeness (QED) is 0.301. The summed E-state index contributed by atoms with van der Waals surface area (Å²) < 4.78 is 7.35. The number of para-hydroxylation sites is 1. The monoisotopic (exact) mass is 500 g/mol. The van der Waals surface area contributed by atoms with Crippen molar-refractivity contribution in [3.05, 3.63) is 89.3 Å². The van der Waals surface area contributed by atoms with E-state index in [-0.39, 0.29) is 0 Å². The number of anilines is 2. The molecule has 5 aromatic rings. The van der Waals surface area contributed by atoms with Crippen LogP contribution in [0.2, 0.25) is 5.02 Å². The molecule has 0 unspecified atom stereocenters. The van der Waals surface area contributed by atoms with Crippen molar-refractivity contribution in [1.29, 1.82) is 0 Å². The number of hydrogen-bond acceptors (Lipinski definition) is 7. The summed E-state index contributed by atoms with van der Waals surface area (Å²) in [5, 5.41) is 19.9. The van der Waals surface area contributed by atoms with Crippen LogP contribution >= 0.6 is 11.6 Å². The average Bonchev–Trinajstić information content (AvgIpc) is 3.23. The van der Waals surface area contributed by atoms with E-state index in [4.69, 9.17) is 26.4 Å². The van der Waals surface area contributed by atoms with Crippen LogP contribution in [0.3, 0.4) is 0 Å². The smallest absolute Gasteiger partial charge is 0.183 e. The van der Waals surface area contributed by atoms with E-state index in [1.165, 1.54) is 0 Å². The van der Waals surface area contributed by atoms with Crippen LogP contribution in [0, 0.1) is 0 Å². The van der Waals surface area contributed by atoms with Gasteiger partial charge < -0.3 is 15.2 Å². The van der Waals surface area contributed by atoms with Crippen LogP contribution in [0.4, 0.5) is 11.5 Å². The van der Waals surface area contributed by atoms with E-state index in [1.54, 1.807) is 45.6 Å². The van der Waals surface area contributed by atoms with E-state index in [0.717, 1.165) is 27.7 Å². The number of aromatic nitrogens is 5. The van der Waals surface area contributed by atoms with Gasteiger partial charge in [0.15, 0.2) is 17.4 Å². The summed E-state index contributed by atoms with van der Waals surface area (Å²) in [5.41, 5.74) is 3.07. The van der Waals surface area contributed by atoms with Crippen LogP contribution in [0.5, 0.6) is 5.75 Å². The normalized spacial score (nSPS) is 11.6. The molecule has 0 aliphatic heterocycles. The number of nitrogens with one attached hydrogen (secondary N) is 1. The van der Waals surface area contributed by atoms with Crippen molar-refractivity contribution in [1.82, 2.24) is 24.7 Å². The molecule has 0 fully saturated rings. The minimum absolute atomic E-state index is 0.448. The molecule has 5 rings (SSSR count). The standard InChI is InChI=1S/C27H25ClN6O2/c1-27(2,35)18-9-8-17(21(28)14-18)16-34-22-7-5-4-6-20(22)24(33-34)26-30-15-23(36-3)25(32-26)31-19-10-12-29-13-11-19/h4-15,35H,16H2,1-3H3,(H,29,30,31,32). The summed E-state index contributed by atoms with van der Waals surface area (Å²) in [7, 11) is 1.58. The summed E-state index contributed by atoms with van der Waals surface area (Å²) in [6.07, 6.45) is 5.03. The van der Waals surface area contributed by atoms with Gasteiger partial charge in [-0.1, -0.05) is 41.9 Å². The van der Waals surface area contributed by atoms with Gasteiger partial charge in [0.05, 0.1) is 31.0 Å². The fourth-order valence-electron chi connectivity index (χ4n) is 3.93. The van der Waals surface area contributed by atoms with Crippen molar-refractivity contribution < 1.29 is 9.84 Å². The summed E-state index contributed by atoms with van der Waals surface area (Å²) in [6, 6.07) is 17.2. The van der Waals surface area contributed by atoms with Gasteiger partial charge in [-0.05, 0) is 49.2 Å². The molecule has 182 valence electrons. The van der Waals surface area contributed by atoms with E-state index in [1.807, 2.05) is 53.2 Å². The lowest BCUT2D eigenvalue weighted by Crippen LogP contribution is -2.15. The Morgan fingerprint density at radius 2 is 1.86 bits per heavy atom. The Bertz CT molecular complexity index is 1530. The third kappa shape index (κ3) is 4.73. The Morgan fingerprint density at radius 1 is 1.08 bits per heavy atom. The van der Waals surface area contributed by atoms with Gasteiger partial charge in [-0.15, -0.1) is 0 Å². The molecule has 0 saturated carbocycles. The van der Waals surface area contributed by atoms with Crippen molar-refractivity contribution in [3.8, 4) is 17.3 Å². The second kappa shape index (κ2) is 9.56. The number of benzene rings is 2. The van der Waals surface area contributed by atoms with Gasteiger partial charge in [-0.3, -0.25) is 9.67 Å². The lowest BCUT2D eigenvalue weighted by Gasteiger charge is -2.19. The summed E-state index contributed by atoms with van der Waals surface area (Å²) in [5.74, 6) is 1.50. The van der Waals surface area contributed by atoms with Gasteiger partial charge in [0.2, 0.25) is 0 Å². The largest absolute Gasteiger partial charge is 0.491 e. The zero-order valence-corrected chi connectivity index (χ0v) is 20.9. The Balaban J connectivity index is 1.55. The van der Waals surface area contributed by atoms with Gasteiger partial charge >= 0.3 is 0 Å². The molecule has 8 nitrogen and oxygen atoms in total. The van der Waals surface area contributed by atoms with Gasteiger partial charge in [0.25, 0.3) is 0 Å². The molecule has 0 amide bonds. The second-order valence-corrected chi connectivity index (χ2v) is 9.27. The summed E-state index contributed by atoms with van der Waals surface area (Å²) in [6.45, 7) is 3.92. The number of methoxy groups -OCH3 is 1. The van der Waals surface area contributed by atoms with Crippen LogP contribution in [0.25, 0.3) is 22.4 Å². The van der Waals surface area contributed by atoms with E-state index < -0.39 is 5.60 Å². The molecule has 0 aliphatic carbocycles. The predicted molar refractivity (Wildman–Crippen MR) is 141 cm³/mol. The zero-order chi connectivity index (χ0) is 25.3. The molecule has 0 radical (unpaired) electrons. The Kier molecular flexibility index (Phi) is 6.30. The van der Waals surface area contributed by atoms with Gasteiger partial charge in [0, 0.05) is 28.5 Å². The van der Waals surface area contributed by atoms with Gasteiger partial charge in [0.1, 0.15) is 5.69 Å². The number of pyridine rings is 1. The summed E-state index contributed by atoms with van der Waals surface area (Å²) in [4.78, 5) is 13.3. The molecule has 0 saturated heterocycles. The minimum atomic E-state index is -0.971. The van der Waals surface area contributed by atoms with Crippen molar-refractivity contribution >= 4 is 34.0 Å². The topological polar surface area (TPSA) is 98.0 Å². The van der Waals surface area contributed by atoms with Crippen molar-refractivity contribution in [2.45, 2.75) is 26.0 Å². The highest BCUT2D eigenvalue weighted by Gasteiger charge is 2.20. The molecule has 0 aliphatic rings. The molecular weight excluding hydrogens is 476 g/mol. The first-order valence-corrected chi connectivity index (χ1v) is 11.8. The molecule has 0 bridgehead atoms. The molecule has 3 heterocycles. The number of rotatable bonds is 7. The second-order valence-electron chi connectivity index (χ2n) is 8.86. The van der Waals surface area contributed by atoms with E-state index in [9.17, 15) is 5.11 Å². The van der Waals surface area contributed by atoms with Crippen molar-refractivity contribution in [3.63, 3.8) is 0 Å². The lowest BCUT2D eigenvalue weighted by atomic mass is 9.97. The molecule has 2 aromatic carbocycles. The molecule has 2 N–H and O–H groups in total. The number of aliphatic hydroxyl groups is 1. The number of halogens is 1. The fourth-order valence-corrected chi connectivity index (χ4v) is 4.17. The molecule has 0 atom stereocenters. The first-order valence-electron chi connectivity index (χ1n) is 11.4. The van der Waals surface area contributed by atoms with Crippen molar-refractivity contribution in [2.24, 2.45) is 0 Å². The number of hydrogen-bond donors (Lipinski definition) is 2. The zero-order valence-electron chi connectivity index (χ0n) is 20.1. The van der Waals surface area contributed by atoms with E-state index in [0.29, 0.717) is 34.7 Å². The SMILES string of the molecule is COc1cnc(-c2nn(Cc3ccc(C(C)(C)O)cc3Cl)c3ccccc23)nc1Nc1ccncc1. The van der Waals surface area contributed by atoms with E-state index >= 15 is 0 Å². The van der Waals surface area contributed by atoms with Crippen LogP contribution < -0.4 is 10.1 Å². The van der Waals surface area contributed by atoms with Crippen LogP contribution in [-0.4, -0.2) is 36.9 Å². The molecular formula is C27H25ClN6O2.